The van der Waals surface area contributed by atoms with E-state index in [0.717, 1.165) is 6.26 Å². The molecule has 0 saturated carbocycles. The van der Waals surface area contributed by atoms with Crippen molar-refractivity contribution in [1.29, 1.82) is 0 Å². The molecule has 100 valence electrons. The van der Waals surface area contributed by atoms with E-state index in [4.69, 9.17) is 28.9 Å². The smallest absolute Gasteiger partial charge is 0.181 e. The molecule has 0 saturated heterocycles. The quantitative estimate of drug-likeness (QED) is 0.843. The summed E-state index contributed by atoms with van der Waals surface area (Å²) in [6.07, 6.45) is 1.16. The molecule has 0 aromatic heterocycles. The molecule has 0 spiro atoms. The molecule has 0 bridgehead atoms. The zero-order valence-electron chi connectivity index (χ0n) is 9.69. The molecule has 0 heterocycles. The van der Waals surface area contributed by atoms with Crippen LogP contribution in [-0.2, 0) is 9.84 Å². The van der Waals surface area contributed by atoms with Crippen molar-refractivity contribution < 1.29 is 13.2 Å². The average Bonchev–Trinajstić information content (AvgIpc) is 2.24. The molecule has 1 atom stereocenters. The number of ketones is 1. The highest BCUT2D eigenvalue weighted by molar-refractivity contribution is 7.90. The lowest BCUT2D eigenvalue weighted by Crippen LogP contribution is -2.32. The molecular formula is C11H13Cl2NO3S. The summed E-state index contributed by atoms with van der Waals surface area (Å²) in [4.78, 5) is 11.9. The van der Waals surface area contributed by atoms with Gasteiger partial charge in [0, 0.05) is 16.8 Å². The zero-order chi connectivity index (χ0) is 13.9. The second-order valence-electron chi connectivity index (χ2n) is 4.01. The lowest BCUT2D eigenvalue weighted by molar-refractivity contribution is 0.0960. The van der Waals surface area contributed by atoms with Gasteiger partial charge in [0.05, 0.1) is 16.8 Å². The Labute approximate surface area is 116 Å². The van der Waals surface area contributed by atoms with Crippen molar-refractivity contribution in [2.75, 3.05) is 12.0 Å². The molecule has 0 amide bonds. The molecule has 0 aliphatic heterocycles. The number of sulfone groups is 1. The molecule has 0 fully saturated rings. The molecule has 1 rings (SSSR count). The van der Waals surface area contributed by atoms with Crippen molar-refractivity contribution in [1.82, 2.24) is 0 Å². The minimum absolute atomic E-state index is 0.0661. The van der Waals surface area contributed by atoms with Crippen LogP contribution in [0.15, 0.2) is 18.2 Å². The van der Waals surface area contributed by atoms with E-state index < -0.39 is 15.9 Å². The highest BCUT2D eigenvalue weighted by Gasteiger charge is 2.19. The molecule has 0 radical (unpaired) electrons. The molecule has 7 heteroatoms. The summed E-state index contributed by atoms with van der Waals surface area (Å²) >= 11 is 11.6. The van der Waals surface area contributed by atoms with Gasteiger partial charge >= 0.3 is 0 Å². The number of halogens is 2. The number of benzene rings is 1. The van der Waals surface area contributed by atoms with Crippen LogP contribution >= 0.6 is 23.2 Å². The first-order chi connectivity index (χ1) is 8.20. The molecule has 1 unspecified atom stereocenters. The van der Waals surface area contributed by atoms with Gasteiger partial charge in [-0.05, 0) is 24.6 Å². The second-order valence-corrected chi connectivity index (χ2v) is 7.12. The Balaban J connectivity index is 2.80. The van der Waals surface area contributed by atoms with Crippen molar-refractivity contribution in [3.05, 3.63) is 33.8 Å². The first kappa shape index (κ1) is 15.4. The summed E-state index contributed by atoms with van der Waals surface area (Å²) in [6, 6.07) is 3.56. The first-order valence-electron chi connectivity index (χ1n) is 5.13. The lowest BCUT2D eigenvalue weighted by Gasteiger charge is -2.11. The van der Waals surface area contributed by atoms with Crippen LogP contribution < -0.4 is 5.73 Å². The standard InChI is InChI=1S/C11H13Cl2NO3S/c1-18(16,17)5-4-10(14)11(15)8-3-2-7(12)6-9(8)13/h2-3,6,10H,4-5,14H2,1H3. The molecule has 0 aliphatic rings. The molecule has 18 heavy (non-hydrogen) atoms. The summed E-state index contributed by atoms with van der Waals surface area (Å²) in [5.41, 5.74) is 5.91. The monoisotopic (exact) mass is 309 g/mol. The van der Waals surface area contributed by atoms with Gasteiger partial charge in [0.2, 0.25) is 0 Å². The third-order valence-electron chi connectivity index (χ3n) is 2.33. The topological polar surface area (TPSA) is 77.2 Å². The average molecular weight is 310 g/mol. The van der Waals surface area contributed by atoms with E-state index in [2.05, 4.69) is 0 Å². The van der Waals surface area contributed by atoms with E-state index in [1.54, 1.807) is 0 Å². The molecule has 0 aliphatic carbocycles. The van der Waals surface area contributed by atoms with Gasteiger partial charge in [-0.1, -0.05) is 23.2 Å². The highest BCUT2D eigenvalue weighted by atomic mass is 35.5. The van der Waals surface area contributed by atoms with Crippen LogP contribution in [-0.4, -0.2) is 32.3 Å². The van der Waals surface area contributed by atoms with Crippen molar-refractivity contribution in [2.45, 2.75) is 12.5 Å². The minimum atomic E-state index is -3.14. The largest absolute Gasteiger partial charge is 0.321 e. The van der Waals surface area contributed by atoms with Crippen LogP contribution in [0.25, 0.3) is 0 Å². The van der Waals surface area contributed by atoms with Crippen LogP contribution in [0, 0.1) is 0 Å². The number of hydrogen-bond donors (Lipinski definition) is 1. The van der Waals surface area contributed by atoms with Crippen molar-refractivity contribution in [3.8, 4) is 0 Å². The van der Waals surface area contributed by atoms with Gasteiger partial charge in [-0.15, -0.1) is 0 Å². The van der Waals surface area contributed by atoms with Crippen LogP contribution in [0.4, 0.5) is 0 Å². The predicted octanol–water partition coefficient (Wildman–Crippen LogP) is 1.94. The number of Topliss-reactive ketones (excluding diaryl/α,β-unsaturated/α-hetero) is 1. The molecule has 4 nitrogen and oxygen atoms in total. The van der Waals surface area contributed by atoms with E-state index in [1.165, 1.54) is 18.2 Å². The molecule has 1 aromatic rings. The van der Waals surface area contributed by atoms with E-state index in [-0.39, 0.29) is 28.5 Å². The lowest BCUT2D eigenvalue weighted by atomic mass is 10.0. The van der Waals surface area contributed by atoms with Crippen molar-refractivity contribution >= 4 is 38.8 Å². The van der Waals surface area contributed by atoms with Crippen molar-refractivity contribution in [2.24, 2.45) is 5.73 Å². The van der Waals surface area contributed by atoms with Gasteiger partial charge in [0.1, 0.15) is 9.84 Å². The fraction of sp³-hybridized carbons (Fsp3) is 0.364. The maximum atomic E-state index is 11.9. The Morgan fingerprint density at radius 2 is 2.00 bits per heavy atom. The fourth-order valence-corrected chi connectivity index (χ4v) is 2.54. The third kappa shape index (κ3) is 4.57. The number of hydrogen-bond acceptors (Lipinski definition) is 4. The molecule has 2 N–H and O–H groups in total. The van der Waals surface area contributed by atoms with Gasteiger partial charge in [0.15, 0.2) is 5.78 Å². The summed E-state index contributed by atoms with van der Waals surface area (Å²) in [6.45, 7) is 0. The molecular weight excluding hydrogens is 297 g/mol. The number of nitrogens with two attached hydrogens (primary N) is 1. The van der Waals surface area contributed by atoms with Gasteiger partial charge in [-0.25, -0.2) is 8.42 Å². The maximum absolute atomic E-state index is 11.9. The SMILES string of the molecule is CS(=O)(=O)CCC(N)C(=O)c1ccc(Cl)cc1Cl. The number of rotatable bonds is 5. The van der Waals surface area contributed by atoms with Gasteiger partial charge in [0.25, 0.3) is 0 Å². The van der Waals surface area contributed by atoms with Gasteiger partial charge in [-0.3, -0.25) is 4.79 Å². The number of carbonyl (C=O) groups excluding carboxylic acids is 1. The van der Waals surface area contributed by atoms with E-state index in [9.17, 15) is 13.2 Å². The number of carbonyl (C=O) groups is 1. The van der Waals surface area contributed by atoms with E-state index in [1.807, 2.05) is 0 Å². The first-order valence-corrected chi connectivity index (χ1v) is 7.95. The van der Waals surface area contributed by atoms with E-state index in [0.29, 0.717) is 5.02 Å². The maximum Gasteiger partial charge on any atom is 0.181 e. The van der Waals surface area contributed by atoms with Crippen LogP contribution in [0.3, 0.4) is 0 Å². The fourth-order valence-electron chi connectivity index (χ4n) is 1.36. The van der Waals surface area contributed by atoms with E-state index >= 15 is 0 Å². The highest BCUT2D eigenvalue weighted by Crippen LogP contribution is 2.22. The predicted molar refractivity (Wildman–Crippen MR) is 73.1 cm³/mol. The Morgan fingerprint density at radius 1 is 1.39 bits per heavy atom. The Hall–Kier alpha value is -0.620. The second kappa shape index (κ2) is 6.02. The Bertz CT molecular complexity index is 557. The summed E-state index contributed by atoms with van der Waals surface area (Å²) < 4.78 is 22.0. The third-order valence-corrected chi connectivity index (χ3v) is 3.86. The summed E-state index contributed by atoms with van der Waals surface area (Å²) in [7, 11) is -3.14. The van der Waals surface area contributed by atoms with Crippen LogP contribution in [0.1, 0.15) is 16.8 Å². The van der Waals surface area contributed by atoms with Crippen molar-refractivity contribution in [3.63, 3.8) is 0 Å². The normalized spacial score (nSPS) is 13.3. The Kier molecular flexibility index (Phi) is 5.16. The summed E-state index contributed by atoms with van der Waals surface area (Å²) in [5, 5.41) is 0.628. The Morgan fingerprint density at radius 3 is 2.50 bits per heavy atom. The van der Waals surface area contributed by atoms with Crippen LogP contribution in [0.2, 0.25) is 10.0 Å². The van der Waals surface area contributed by atoms with Gasteiger partial charge < -0.3 is 5.73 Å². The van der Waals surface area contributed by atoms with Crippen LogP contribution in [0.5, 0.6) is 0 Å². The minimum Gasteiger partial charge on any atom is -0.321 e. The molecule has 1 aromatic carbocycles. The summed E-state index contributed by atoms with van der Waals surface area (Å²) in [5.74, 6) is -0.522. The zero-order valence-corrected chi connectivity index (χ0v) is 12.0. The van der Waals surface area contributed by atoms with Gasteiger partial charge in [-0.2, -0.15) is 0 Å².